The largest absolute Gasteiger partial charge is 0.496 e. The minimum absolute atomic E-state index is 0. The summed E-state index contributed by atoms with van der Waals surface area (Å²) in [6.07, 6.45) is 0. The van der Waals surface area contributed by atoms with Crippen LogP contribution >= 0.6 is 0 Å². The van der Waals surface area contributed by atoms with E-state index in [4.69, 9.17) is 4.74 Å². The molecule has 1 aromatic rings. The normalized spacial score (nSPS) is 8.46. The molecule has 0 aliphatic rings. The molecule has 3 nitrogen and oxygen atoms in total. The Morgan fingerprint density at radius 2 is 1.85 bits per heavy atom. The number of para-hydroxylation sites is 1. The van der Waals surface area contributed by atoms with E-state index in [2.05, 4.69) is 4.74 Å². The average Bonchev–Trinajstić information content (AvgIpc) is 2.16. The molecule has 72 valence electrons. The third-order valence-corrected chi connectivity index (χ3v) is 1.51. The SMILES string of the molecule is C.COC(=O)c1ccccc1OC. The zero-order valence-electron chi connectivity index (χ0n) is 7.03. The minimum Gasteiger partial charge on any atom is -0.496 e. The number of ether oxygens (including phenoxy) is 2. The lowest BCUT2D eigenvalue weighted by Gasteiger charge is -2.04. The summed E-state index contributed by atoms with van der Waals surface area (Å²) in [5.74, 6) is 0.150. The van der Waals surface area contributed by atoms with E-state index >= 15 is 0 Å². The molecule has 0 heterocycles. The van der Waals surface area contributed by atoms with Crippen LogP contribution in [0.3, 0.4) is 0 Å². The van der Waals surface area contributed by atoms with Gasteiger partial charge in [0.05, 0.1) is 14.2 Å². The molecule has 0 saturated heterocycles. The molecule has 1 aromatic carbocycles. The van der Waals surface area contributed by atoms with E-state index in [1.54, 1.807) is 24.3 Å². The predicted molar refractivity (Wildman–Crippen MR) is 51.1 cm³/mol. The van der Waals surface area contributed by atoms with Crippen LogP contribution in [0.1, 0.15) is 17.8 Å². The Bertz CT molecular complexity index is 281. The second-order valence-electron chi connectivity index (χ2n) is 2.19. The summed E-state index contributed by atoms with van der Waals surface area (Å²) in [7, 11) is 2.86. The van der Waals surface area contributed by atoms with Gasteiger partial charge in [-0.2, -0.15) is 0 Å². The Kier molecular flexibility index (Phi) is 4.59. The van der Waals surface area contributed by atoms with E-state index in [9.17, 15) is 4.79 Å². The summed E-state index contributed by atoms with van der Waals surface area (Å²) >= 11 is 0. The molecular formula is C10H14O3. The molecule has 0 bridgehead atoms. The van der Waals surface area contributed by atoms with Gasteiger partial charge in [-0.3, -0.25) is 0 Å². The average molecular weight is 182 g/mol. The van der Waals surface area contributed by atoms with Crippen molar-refractivity contribution < 1.29 is 14.3 Å². The fraction of sp³-hybridized carbons (Fsp3) is 0.300. The van der Waals surface area contributed by atoms with Crippen LogP contribution in [0.5, 0.6) is 5.75 Å². The first-order valence-corrected chi connectivity index (χ1v) is 3.51. The van der Waals surface area contributed by atoms with E-state index in [-0.39, 0.29) is 13.4 Å². The summed E-state index contributed by atoms with van der Waals surface area (Å²) in [5.41, 5.74) is 0.447. The molecule has 0 amide bonds. The molecule has 0 N–H and O–H groups in total. The van der Waals surface area contributed by atoms with Gasteiger partial charge in [-0.15, -0.1) is 0 Å². The molecule has 0 spiro atoms. The monoisotopic (exact) mass is 182 g/mol. The summed E-state index contributed by atoms with van der Waals surface area (Å²) < 4.78 is 9.53. The van der Waals surface area contributed by atoms with Gasteiger partial charge in [0.1, 0.15) is 11.3 Å². The molecule has 0 fully saturated rings. The summed E-state index contributed by atoms with van der Waals surface area (Å²) in [4.78, 5) is 11.1. The second-order valence-corrected chi connectivity index (χ2v) is 2.19. The van der Waals surface area contributed by atoms with Crippen molar-refractivity contribution in [1.82, 2.24) is 0 Å². The zero-order valence-corrected chi connectivity index (χ0v) is 7.03. The van der Waals surface area contributed by atoms with Gasteiger partial charge in [0.2, 0.25) is 0 Å². The number of rotatable bonds is 2. The highest BCUT2D eigenvalue weighted by atomic mass is 16.5. The molecule has 0 aliphatic heterocycles. The Hall–Kier alpha value is -1.51. The molecule has 1 rings (SSSR count). The highest BCUT2D eigenvalue weighted by molar-refractivity contribution is 5.92. The van der Waals surface area contributed by atoms with Gasteiger partial charge >= 0.3 is 5.97 Å². The number of hydrogen-bond acceptors (Lipinski definition) is 3. The van der Waals surface area contributed by atoms with Crippen LogP contribution in [0.4, 0.5) is 0 Å². The Labute approximate surface area is 78.3 Å². The van der Waals surface area contributed by atoms with E-state index < -0.39 is 0 Å². The van der Waals surface area contributed by atoms with Gasteiger partial charge in [-0.1, -0.05) is 19.6 Å². The standard InChI is InChI=1S/C9H10O3.CH4/c1-11-8-6-4-3-5-7(8)9(10)12-2;/h3-6H,1-2H3;1H4. The van der Waals surface area contributed by atoms with Crippen LogP contribution in [-0.4, -0.2) is 20.2 Å². The molecule has 13 heavy (non-hydrogen) atoms. The van der Waals surface area contributed by atoms with Gasteiger partial charge < -0.3 is 9.47 Å². The van der Waals surface area contributed by atoms with Gasteiger partial charge in [-0.05, 0) is 12.1 Å². The predicted octanol–water partition coefficient (Wildman–Crippen LogP) is 2.12. The molecular weight excluding hydrogens is 168 g/mol. The number of hydrogen-bond donors (Lipinski definition) is 0. The molecule has 0 radical (unpaired) electrons. The first-order valence-electron chi connectivity index (χ1n) is 3.51. The maximum atomic E-state index is 11.1. The van der Waals surface area contributed by atoms with Crippen molar-refractivity contribution in [2.45, 2.75) is 7.43 Å². The number of esters is 1. The zero-order chi connectivity index (χ0) is 8.97. The van der Waals surface area contributed by atoms with Gasteiger partial charge in [0, 0.05) is 0 Å². The summed E-state index contributed by atoms with van der Waals surface area (Å²) in [6.45, 7) is 0. The lowest BCUT2D eigenvalue weighted by atomic mass is 10.2. The topological polar surface area (TPSA) is 35.5 Å². The Balaban J connectivity index is 0.00000144. The van der Waals surface area contributed by atoms with Crippen LogP contribution < -0.4 is 4.74 Å². The Morgan fingerprint density at radius 3 is 2.38 bits per heavy atom. The third kappa shape index (κ3) is 2.47. The van der Waals surface area contributed by atoms with Crippen molar-refractivity contribution in [3.8, 4) is 5.75 Å². The van der Waals surface area contributed by atoms with Crippen LogP contribution in [0, 0.1) is 0 Å². The van der Waals surface area contributed by atoms with E-state index in [0.717, 1.165) is 0 Å². The van der Waals surface area contributed by atoms with Crippen LogP contribution in [0.15, 0.2) is 24.3 Å². The van der Waals surface area contributed by atoms with Gasteiger partial charge in [0.25, 0.3) is 0 Å². The maximum absolute atomic E-state index is 11.1. The van der Waals surface area contributed by atoms with Gasteiger partial charge in [0.15, 0.2) is 0 Å². The number of carbonyl (C=O) groups excluding carboxylic acids is 1. The van der Waals surface area contributed by atoms with E-state index in [1.165, 1.54) is 14.2 Å². The lowest BCUT2D eigenvalue weighted by Crippen LogP contribution is -2.03. The van der Waals surface area contributed by atoms with Crippen molar-refractivity contribution >= 4 is 5.97 Å². The fourth-order valence-corrected chi connectivity index (χ4v) is 0.923. The van der Waals surface area contributed by atoms with Gasteiger partial charge in [-0.25, -0.2) is 4.79 Å². The first kappa shape index (κ1) is 11.5. The van der Waals surface area contributed by atoms with Crippen LogP contribution in [-0.2, 0) is 4.74 Å². The Morgan fingerprint density at radius 1 is 1.23 bits per heavy atom. The van der Waals surface area contributed by atoms with Crippen molar-refractivity contribution in [2.75, 3.05) is 14.2 Å². The minimum atomic E-state index is -0.382. The highest BCUT2D eigenvalue weighted by Crippen LogP contribution is 2.17. The quantitative estimate of drug-likeness (QED) is 0.657. The highest BCUT2D eigenvalue weighted by Gasteiger charge is 2.10. The van der Waals surface area contributed by atoms with Crippen molar-refractivity contribution in [2.24, 2.45) is 0 Å². The number of benzene rings is 1. The lowest BCUT2D eigenvalue weighted by molar-refractivity contribution is 0.0597. The van der Waals surface area contributed by atoms with Crippen molar-refractivity contribution in [3.63, 3.8) is 0 Å². The molecule has 0 saturated carbocycles. The van der Waals surface area contributed by atoms with Crippen LogP contribution in [0.2, 0.25) is 0 Å². The third-order valence-electron chi connectivity index (χ3n) is 1.51. The maximum Gasteiger partial charge on any atom is 0.341 e. The smallest absolute Gasteiger partial charge is 0.341 e. The molecule has 0 atom stereocenters. The van der Waals surface area contributed by atoms with Crippen molar-refractivity contribution in [3.05, 3.63) is 29.8 Å². The molecule has 0 aliphatic carbocycles. The van der Waals surface area contributed by atoms with E-state index in [1.807, 2.05) is 0 Å². The number of methoxy groups -OCH3 is 2. The fourth-order valence-electron chi connectivity index (χ4n) is 0.923. The first-order chi connectivity index (χ1) is 5.79. The molecule has 0 aromatic heterocycles. The van der Waals surface area contributed by atoms with Crippen LogP contribution in [0.25, 0.3) is 0 Å². The summed E-state index contributed by atoms with van der Waals surface area (Å²) in [5, 5.41) is 0. The van der Waals surface area contributed by atoms with Crippen molar-refractivity contribution in [1.29, 1.82) is 0 Å². The van der Waals surface area contributed by atoms with E-state index in [0.29, 0.717) is 11.3 Å². The molecule has 0 unspecified atom stereocenters. The molecule has 3 heteroatoms. The number of carbonyl (C=O) groups is 1. The summed E-state index contributed by atoms with van der Waals surface area (Å²) in [6, 6.07) is 6.93. The second kappa shape index (κ2) is 5.19.